The van der Waals surface area contributed by atoms with Crippen LogP contribution in [0.15, 0.2) is 24.3 Å². The minimum absolute atomic E-state index is 0.106. The number of benzene rings is 1. The van der Waals surface area contributed by atoms with Crippen LogP contribution in [0.2, 0.25) is 0 Å². The van der Waals surface area contributed by atoms with E-state index in [1.165, 1.54) is 5.56 Å². The minimum Gasteiger partial charge on any atom is -0.326 e. The van der Waals surface area contributed by atoms with E-state index in [2.05, 4.69) is 12.2 Å². The Morgan fingerprint density at radius 1 is 1.24 bits per heavy atom. The number of amides is 1. The predicted octanol–water partition coefficient (Wildman–Crippen LogP) is 4.15. The van der Waals surface area contributed by atoms with E-state index >= 15 is 0 Å². The molecular weight excluding hydrogens is 210 g/mol. The van der Waals surface area contributed by atoms with Crippen molar-refractivity contribution in [2.45, 2.75) is 47.0 Å². The van der Waals surface area contributed by atoms with Gasteiger partial charge in [-0.3, -0.25) is 4.79 Å². The van der Waals surface area contributed by atoms with Gasteiger partial charge in [0.15, 0.2) is 0 Å². The fourth-order valence-corrected chi connectivity index (χ4v) is 1.67. The van der Waals surface area contributed by atoms with Crippen LogP contribution in [0.3, 0.4) is 0 Å². The van der Waals surface area contributed by atoms with Crippen molar-refractivity contribution >= 4 is 11.6 Å². The van der Waals surface area contributed by atoms with Crippen molar-refractivity contribution in [3.8, 4) is 0 Å². The highest BCUT2D eigenvalue weighted by molar-refractivity contribution is 5.94. The highest BCUT2D eigenvalue weighted by Gasteiger charge is 2.26. The SMILES string of the molecule is CCCCC(C)(C)C(=O)Nc1ccc(C)cc1. The molecule has 0 radical (unpaired) electrons. The van der Waals surface area contributed by atoms with Gasteiger partial charge < -0.3 is 5.32 Å². The highest BCUT2D eigenvalue weighted by Crippen LogP contribution is 2.25. The van der Waals surface area contributed by atoms with Crippen LogP contribution in [0.4, 0.5) is 5.69 Å². The molecule has 1 rings (SSSR count). The highest BCUT2D eigenvalue weighted by atomic mass is 16.2. The van der Waals surface area contributed by atoms with Crippen molar-refractivity contribution in [1.29, 1.82) is 0 Å². The summed E-state index contributed by atoms with van der Waals surface area (Å²) in [5.74, 6) is 0.106. The summed E-state index contributed by atoms with van der Waals surface area (Å²) in [6, 6.07) is 7.91. The molecule has 2 nitrogen and oxygen atoms in total. The van der Waals surface area contributed by atoms with Crippen LogP contribution in [-0.2, 0) is 4.79 Å². The number of aryl methyl sites for hydroxylation is 1. The molecule has 0 saturated heterocycles. The molecular formula is C15H23NO. The number of unbranched alkanes of at least 4 members (excludes halogenated alkanes) is 1. The Hall–Kier alpha value is -1.31. The number of hydrogen-bond donors (Lipinski definition) is 1. The maximum absolute atomic E-state index is 12.1. The third-order valence-corrected chi connectivity index (χ3v) is 3.08. The van der Waals surface area contributed by atoms with Gasteiger partial charge in [0.05, 0.1) is 0 Å². The Balaban J connectivity index is 2.62. The van der Waals surface area contributed by atoms with E-state index in [9.17, 15) is 4.79 Å². The molecule has 2 heteroatoms. The molecule has 17 heavy (non-hydrogen) atoms. The zero-order valence-electron chi connectivity index (χ0n) is 11.3. The lowest BCUT2D eigenvalue weighted by Gasteiger charge is -2.23. The summed E-state index contributed by atoms with van der Waals surface area (Å²) >= 11 is 0. The Bertz CT molecular complexity index is 365. The van der Waals surface area contributed by atoms with Gasteiger partial charge in [0, 0.05) is 11.1 Å². The van der Waals surface area contributed by atoms with Crippen molar-refractivity contribution in [3.05, 3.63) is 29.8 Å². The smallest absolute Gasteiger partial charge is 0.230 e. The molecule has 0 saturated carbocycles. The second-order valence-corrected chi connectivity index (χ2v) is 5.31. The average Bonchev–Trinajstić information content (AvgIpc) is 2.29. The molecule has 0 bridgehead atoms. The second-order valence-electron chi connectivity index (χ2n) is 5.31. The molecule has 0 fully saturated rings. The molecule has 1 aromatic rings. The fourth-order valence-electron chi connectivity index (χ4n) is 1.67. The Kier molecular flexibility index (Phi) is 4.73. The molecule has 0 aliphatic heterocycles. The molecule has 0 spiro atoms. The van der Waals surface area contributed by atoms with E-state index in [-0.39, 0.29) is 11.3 Å². The monoisotopic (exact) mass is 233 g/mol. The van der Waals surface area contributed by atoms with Crippen LogP contribution in [-0.4, -0.2) is 5.91 Å². The van der Waals surface area contributed by atoms with Gasteiger partial charge in [-0.1, -0.05) is 51.3 Å². The summed E-state index contributed by atoms with van der Waals surface area (Å²) in [5, 5.41) is 2.98. The van der Waals surface area contributed by atoms with E-state index < -0.39 is 0 Å². The number of nitrogens with one attached hydrogen (secondary N) is 1. The van der Waals surface area contributed by atoms with E-state index in [1.807, 2.05) is 45.0 Å². The van der Waals surface area contributed by atoms with Gasteiger partial charge >= 0.3 is 0 Å². The maximum Gasteiger partial charge on any atom is 0.230 e. The molecule has 0 heterocycles. The molecule has 0 aromatic heterocycles. The molecule has 1 N–H and O–H groups in total. The van der Waals surface area contributed by atoms with Gasteiger partial charge in [0.25, 0.3) is 0 Å². The van der Waals surface area contributed by atoms with Crippen molar-refractivity contribution in [3.63, 3.8) is 0 Å². The van der Waals surface area contributed by atoms with Crippen LogP contribution in [0, 0.1) is 12.3 Å². The topological polar surface area (TPSA) is 29.1 Å². The molecule has 0 aliphatic carbocycles. The van der Waals surface area contributed by atoms with Crippen molar-refractivity contribution in [2.24, 2.45) is 5.41 Å². The van der Waals surface area contributed by atoms with Gasteiger partial charge in [0.2, 0.25) is 5.91 Å². The van der Waals surface area contributed by atoms with E-state index in [0.717, 1.165) is 24.9 Å². The van der Waals surface area contributed by atoms with Crippen molar-refractivity contribution in [2.75, 3.05) is 5.32 Å². The zero-order chi connectivity index (χ0) is 12.9. The summed E-state index contributed by atoms with van der Waals surface area (Å²) < 4.78 is 0. The van der Waals surface area contributed by atoms with Gasteiger partial charge in [0.1, 0.15) is 0 Å². The van der Waals surface area contributed by atoms with Crippen LogP contribution >= 0.6 is 0 Å². The second kappa shape index (κ2) is 5.85. The number of carbonyl (C=O) groups excluding carboxylic acids is 1. The molecule has 1 aromatic carbocycles. The number of carbonyl (C=O) groups is 1. The lowest BCUT2D eigenvalue weighted by atomic mass is 9.86. The van der Waals surface area contributed by atoms with Gasteiger partial charge in [-0.05, 0) is 25.5 Å². The Labute approximate surface area is 104 Å². The first-order chi connectivity index (χ1) is 7.95. The third kappa shape index (κ3) is 4.22. The van der Waals surface area contributed by atoms with Crippen LogP contribution in [0.1, 0.15) is 45.6 Å². The van der Waals surface area contributed by atoms with Gasteiger partial charge in [-0.15, -0.1) is 0 Å². The normalized spacial score (nSPS) is 11.3. The largest absolute Gasteiger partial charge is 0.326 e. The minimum atomic E-state index is -0.291. The zero-order valence-corrected chi connectivity index (χ0v) is 11.3. The number of rotatable bonds is 5. The Morgan fingerprint density at radius 3 is 2.35 bits per heavy atom. The molecule has 0 aliphatic rings. The van der Waals surface area contributed by atoms with E-state index in [0.29, 0.717) is 0 Å². The molecule has 94 valence electrons. The first-order valence-corrected chi connectivity index (χ1v) is 6.34. The quantitative estimate of drug-likeness (QED) is 0.813. The number of anilines is 1. The van der Waals surface area contributed by atoms with Crippen LogP contribution < -0.4 is 5.32 Å². The van der Waals surface area contributed by atoms with Gasteiger partial charge in [-0.25, -0.2) is 0 Å². The van der Waals surface area contributed by atoms with E-state index in [1.54, 1.807) is 0 Å². The standard InChI is InChI=1S/C15H23NO/c1-5-6-11-15(3,4)14(17)16-13-9-7-12(2)8-10-13/h7-10H,5-6,11H2,1-4H3,(H,16,17). The predicted molar refractivity (Wildman–Crippen MR) is 73.1 cm³/mol. The van der Waals surface area contributed by atoms with Crippen LogP contribution in [0.25, 0.3) is 0 Å². The summed E-state index contributed by atoms with van der Waals surface area (Å²) in [4.78, 5) is 12.1. The summed E-state index contributed by atoms with van der Waals surface area (Å²) in [6.45, 7) is 8.20. The summed E-state index contributed by atoms with van der Waals surface area (Å²) in [5.41, 5.74) is 1.79. The lowest BCUT2D eigenvalue weighted by molar-refractivity contribution is -0.124. The van der Waals surface area contributed by atoms with Crippen molar-refractivity contribution in [1.82, 2.24) is 0 Å². The summed E-state index contributed by atoms with van der Waals surface area (Å²) in [6.07, 6.45) is 3.15. The van der Waals surface area contributed by atoms with Gasteiger partial charge in [-0.2, -0.15) is 0 Å². The van der Waals surface area contributed by atoms with E-state index in [4.69, 9.17) is 0 Å². The van der Waals surface area contributed by atoms with Crippen molar-refractivity contribution < 1.29 is 4.79 Å². The Morgan fingerprint density at radius 2 is 1.82 bits per heavy atom. The number of hydrogen-bond acceptors (Lipinski definition) is 1. The third-order valence-electron chi connectivity index (χ3n) is 3.08. The molecule has 1 amide bonds. The van der Waals surface area contributed by atoms with Crippen LogP contribution in [0.5, 0.6) is 0 Å². The fraction of sp³-hybridized carbons (Fsp3) is 0.533. The lowest BCUT2D eigenvalue weighted by Crippen LogP contribution is -2.30. The molecule has 0 unspecified atom stereocenters. The first kappa shape index (κ1) is 13.8. The average molecular weight is 233 g/mol. The summed E-state index contributed by atoms with van der Waals surface area (Å²) in [7, 11) is 0. The first-order valence-electron chi connectivity index (χ1n) is 6.34. The molecule has 0 atom stereocenters. The maximum atomic E-state index is 12.1.